The van der Waals surface area contributed by atoms with Crippen molar-refractivity contribution in [1.82, 2.24) is 0 Å². The summed E-state index contributed by atoms with van der Waals surface area (Å²) in [6.45, 7) is 10.4. The van der Waals surface area contributed by atoms with Crippen LogP contribution in [0.25, 0.3) is 0 Å². The third-order valence-corrected chi connectivity index (χ3v) is 5.19. The van der Waals surface area contributed by atoms with E-state index >= 15 is 0 Å². The summed E-state index contributed by atoms with van der Waals surface area (Å²) in [4.78, 5) is 0. The van der Waals surface area contributed by atoms with E-state index in [1.807, 2.05) is 0 Å². The Hall–Kier alpha value is -1.76. The SMILES string of the molecule is CC1(C)CCC(C)(C)c2cc(NCc3ccccc3)ccc21. The van der Waals surface area contributed by atoms with Crippen LogP contribution in [0.15, 0.2) is 48.5 Å². The van der Waals surface area contributed by atoms with Gasteiger partial charge in [0.2, 0.25) is 0 Å². The van der Waals surface area contributed by atoms with Crippen molar-refractivity contribution >= 4 is 5.69 Å². The zero-order chi connectivity index (χ0) is 15.8. The van der Waals surface area contributed by atoms with Crippen LogP contribution in [0.4, 0.5) is 5.69 Å². The first-order chi connectivity index (χ1) is 10.4. The van der Waals surface area contributed by atoms with Gasteiger partial charge < -0.3 is 5.32 Å². The zero-order valence-electron chi connectivity index (χ0n) is 14.2. The summed E-state index contributed by atoms with van der Waals surface area (Å²) in [6, 6.07) is 17.5. The molecule has 0 aliphatic heterocycles. The number of benzene rings is 2. The van der Waals surface area contributed by atoms with Gasteiger partial charge >= 0.3 is 0 Å². The van der Waals surface area contributed by atoms with E-state index in [-0.39, 0.29) is 5.41 Å². The Labute approximate surface area is 134 Å². The zero-order valence-corrected chi connectivity index (χ0v) is 14.2. The van der Waals surface area contributed by atoms with E-state index in [1.54, 1.807) is 0 Å². The molecule has 0 spiro atoms. The van der Waals surface area contributed by atoms with Gasteiger partial charge in [0, 0.05) is 12.2 Å². The van der Waals surface area contributed by atoms with Crippen LogP contribution in [0.1, 0.15) is 57.2 Å². The maximum Gasteiger partial charge on any atom is 0.0400 e. The second-order valence-corrected chi connectivity index (χ2v) is 7.87. The van der Waals surface area contributed by atoms with Crippen LogP contribution in [-0.4, -0.2) is 0 Å². The molecule has 1 N–H and O–H groups in total. The highest BCUT2D eigenvalue weighted by molar-refractivity contribution is 5.54. The van der Waals surface area contributed by atoms with Crippen LogP contribution in [0.2, 0.25) is 0 Å². The van der Waals surface area contributed by atoms with E-state index in [9.17, 15) is 0 Å². The second-order valence-electron chi connectivity index (χ2n) is 7.87. The van der Waals surface area contributed by atoms with Crippen LogP contribution in [-0.2, 0) is 17.4 Å². The number of fused-ring (bicyclic) bond motifs is 1. The molecule has 1 heteroatoms. The lowest BCUT2D eigenvalue weighted by Crippen LogP contribution is -2.33. The number of nitrogens with one attached hydrogen (secondary N) is 1. The number of rotatable bonds is 3. The fourth-order valence-electron chi connectivity index (χ4n) is 3.50. The quantitative estimate of drug-likeness (QED) is 0.771. The Morgan fingerprint density at radius 3 is 2.14 bits per heavy atom. The minimum atomic E-state index is 0.273. The summed E-state index contributed by atoms with van der Waals surface area (Å²) < 4.78 is 0. The van der Waals surface area contributed by atoms with Crippen LogP contribution < -0.4 is 5.32 Å². The molecule has 0 unspecified atom stereocenters. The predicted octanol–water partition coefficient (Wildman–Crippen LogP) is 5.65. The summed E-state index contributed by atoms with van der Waals surface area (Å²) >= 11 is 0. The van der Waals surface area contributed by atoms with Gasteiger partial charge in [0.15, 0.2) is 0 Å². The highest BCUT2D eigenvalue weighted by atomic mass is 14.9. The molecule has 0 amide bonds. The van der Waals surface area contributed by atoms with Crippen molar-refractivity contribution in [2.24, 2.45) is 0 Å². The lowest BCUT2D eigenvalue weighted by atomic mass is 9.63. The van der Waals surface area contributed by atoms with Crippen LogP contribution in [0.5, 0.6) is 0 Å². The Kier molecular flexibility index (Phi) is 3.76. The third kappa shape index (κ3) is 2.90. The largest absolute Gasteiger partial charge is 0.381 e. The first-order valence-electron chi connectivity index (χ1n) is 8.31. The minimum Gasteiger partial charge on any atom is -0.381 e. The molecule has 0 heterocycles. The standard InChI is InChI=1S/C21H27N/c1-20(2)12-13-21(3,4)19-14-17(10-11-18(19)20)22-15-16-8-6-5-7-9-16/h5-11,14,22H,12-13,15H2,1-4H3. The van der Waals surface area contributed by atoms with Crippen LogP contribution in [0.3, 0.4) is 0 Å². The normalized spacial score (nSPS) is 18.5. The molecule has 2 aromatic rings. The van der Waals surface area contributed by atoms with Crippen molar-refractivity contribution in [3.05, 3.63) is 65.2 Å². The van der Waals surface area contributed by atoms with E-state index in [0.29, 0.717) is 5.41 Å². The van der Waals surface area contributed by atoms with E-state index < -0.39 is 0 Å². The minimum absolute atomic E-state index is 0.273. The molecule has 1 aliphatic carbocycles. The van der Waals surface area contributed by atoms with Gasteiger partial charge in [0.05, 0.1) is 0 Å². The molecular weight excluding hydrogens is 266 g/mol. The Morgan fingerprint density at radius 1 is 0.818 bits per heavy atom. The monoisotopic (exact) mass is 293 g/mol. The molecular formula is C21H27N. The molecule has 1 aliphatic rings. The fourth-order valence-corrected chi connectivity index (χ4v) is 3.50. The van der Waals surface area contributed by atoms with Crippen LogP contribution in [0, 0.1) is 0 Å². The van der Waals surface area contributed by atoms with E-state index in [2.05, 4.69) is 81.5 Å². The average Bonchev–Trinajstić information content (AvgIpc) is 2.51. The molecule has 3 rings (SSSR count). The van der Waals surface area contributed by atoms with Crippen molar-refractivity contribution in [3.8, 4) is 0 Å². The maximum atomic E-state index is 3.58. The van der Waals surface area contributed by atoms with Gasteiger partial charge in [-0.2, -0.15) is 0 Å². The molecule has 0 radical (unpaired) electrons. The van der Waals surface area contributed by atoms with Gasteiger partial charge in [0.1, 0.15) is 0 Å². The Bertz CT molecular complexity index is 653. The maximum absolute atomic E-state index is 3.58. The van der Waals surface area contributed by atoms with E-state index in [1.165, 1.54) is 35.2 Å². The molecule has 22 heavy (non-hydrogen) atoms. The molecule has 116 valence electrons. The van der Waals surface area contributed by atoms with Gasteiger partial charge in [-0.25, -0.2) is 0 Å². The lowest BCUT2D eigenvalue weighted by Gasteiger charge is -2.42. The molecule has 0 atom stereocenters. The fraction of sp³-hybridized carbons (Fsp3) is 0.429. The molecule has 0 saturated heterocycles. The van der Waals surface area contributed by atoms with Gasteiger partial charge in [-0.1, -0.05) is 64.1 Å². The Morgan fingerprint density at radius 2 is 1.45 bits per heavy atom. The van der Waals surface area contributed by atoms with E-state index in [0.717, 1.165) is 6.54 Å². The molecule has 2 aromatic carbocycles. The topological polar surface area (TPSA) is 12.0 Å². The van der Waals surface area contributed by atoms with Crippen molar-refractivity contribution in [2.45, 2.75) is 57.9 Å². The van der Waals surface area contributed by atoms with E-state index in [4.69, 9.17) is 0 Å². The molecule has 0 bridgehead atoms. The van der Waals surface area contributed by atoms with Gasteiger partial charge in [0.25, 0.3) is 0 Å². The number of hydrogen-bond acceptors (Lipinski definition) is 1. The highest BCUT2D eigenvalue weighted by Gasteiger charge is 2.36. The smallest absolute Gasteiger partial charge is 0.0400 e. The van der Waals surface area contributed by atoms with Gasteiger partial charge in [-0.3, -0.25) is 0 Å². The van der Waals surface area contributed by atoms with Crippen molar-refractivity contribution in [1.29, 1.82) is 0 Å². The number of anilines is 1. The van der Waals surface area contributed by atoms with Gasteiger partial charge in [-0.05, 0) is 52.5 Å². The molecule has 0 aromatic heterocycles. The number of hydrogen-bond donors (Lipinski definition) is 1. The first-order valence-corrected chi connectivity index (χ1v) is 8.31. The van der Waals surface area contributed by atoms with Crippen LogP contribution >= 0.6 is 0 Å². The summed E-state index contributed by atoms with van der Waals surface area (Å²) in [7, 11) is 0. The average molecular weight is 293 g/mol. The summed E-state index contributed by atoms with van der Waals surface area (Å²) in [6.07, 6.45) is 2.53. The lowest BCUT2D eigenvalue weighted by molar-refractivity contribution is 0.332. The van der Waals surface area contributed by atoms with Crippen molar-refractivity contribution in [3.63, 3.8) is 0 Å². The van der Waals surface area contributed by atoms with Gasteiger partial charge in [-0.15, -0.1) is 0 Å². The summed E-state index contributed by atoms with van der Waals surface area (Å²) in [5, 5.41) is 3.58. The molecule has 0 saturated carbocycles. The first kappa shape index (κ1) is 15.1. The molecule has 0 fully saturated rings. The second kappa shape index (κ2) is 5.46. The molecule has 1 nitrogen and oxygen atoms in total. The van der Waals surface area contributed by atoms with Crippen molar-refractivity contribution in [2.75, 3.05) is 5.32 Å². The summed E-state index contributed by atoms with van der Waals surface area (Å²) in [5.74, 6) is 0. The summed E-state index contributed by atoms with van der Waals surface area (Å²) in [5.41, 5.74) is 6.15. The Balaban J connectivity index is 1.86. The predicted molar refractivity (Wildman–Crippen MR) is 95.5 cm³/mol. The van der Waals surface area contributed by atoms with Crippen molar-refractivity contribution < 1.29 is 0 Å². The third-order valence-electron chi connectivity index (χ3n) is 5.19. The highest BCUT2D eigenvalue weighted by Crippen LogP contribution is 2.46.